The Bertz CT molecular complexity index is 790. The molecule has 1 unspecified atom stereocenters. The summed E-state index contributed by atoms with van der Waals surface area (Å²) in [5, 5.41) is 5.04. The van der Waals surface area contributed by atoms with E-state index in [1.54, 1.807) is 43.3 Å². The SMILES string of the molecule is CC(=O)Nc1ccc(SC(C)C(=O)Nc2ccccc2C(N)=O)cc1. The number of nitrogens with two attached hydrogens (primary N) is 1. The highest BCUT2D eigenvalue weighted by Crippen LogP contribution is 2.26. The zero-order valence-electron chi connectivity index (χ0n) is 13.9. The lowest BCUT2D eigenvalue weighted by atomic mass is 10.1. The third-order valence-electron chi connectivity index (χ3n) is 3.31. The van der Waals surface area contributed by atoms with Gasteiger partial charge in [0, 0.05) is 17.5 Å². The molecular formula is C18H19N3O3S. The van der Waals surface area contributed by atoms with Crippen molar-refractivity contribution in [3.8, 4) is 0 Å². The number of primary amides is 1. The Morgan fingerprint density at radius 1 is 1.00 bits per heavy atom. The minimum atomic E-state index is -0.593. The number of carbonyl (C=O) groups is 3. The molecule has 2 aromatic rings. The van der Waals surface area contributed by atoms with Gasteiger partial charge in [-0.25, -0.2) is 0 Å². The van der Waals surface area contributed by atoms with Gasteiger partial charge in [0.2, 0.25) is 11.8 Å². The molecule has 0 aliphatic heterocycles. The Morgan fingerprint density at radius 3 is 2.24 bits per heavy atom. The molecule has 0 aromatic heterocycles. The van der Waals surface area contributed by atoms with E-state index < -0.39 is 5.91 Å². The van der Waals surface area contributed by atoms with Gasteiger partial charge in [0.05, 0.1) is 16.5 Å². The van der Waals surface area contributed by atoms with Crippen molar-refractivity contribution in [3.63, 3.8) is 0 Å². The molecule has 0 bridgehead atoms. The summed E-state index contributed by atoms with van der Waals surface area (Å²) >= 11 is 1.37. The van der Waals surface area contributed by atoms with Crippen molar-refractivity contribution in [3.05, 3.63) is 54.1 Å². The van der Waals surface area contributed by atoms with E-state index in [1.807, 2.05) is 12.1 Å². The van der Waals surface area contributed by atoms with E-state index in [2.05, 4.69) is 10.6 Å². The summed E-state index contributed by atoms with van der Waals surface area (Å²) < 4.78 is 0. The zero-order chi connectivity index (χ0) is 18.4. The Morgan fingerprint density at radius 2 is 1.64 bits per heavy atom. The van der Waals surface area contributed by atoms with Crippen molar-refractivity contribution in [1.29, 1.82) is 0 Å². The van der Waals surface area contributed by atoms with Gasteiger partial charge in [0.1, 0.15) is 0 Å². The average Bonchev–Trinajstić information content (AvgIpc) is 2.56. The maximum absolute atomic E-state index is 12.4. The highest BCUT2D eigenvalue weighted by atomic mass is 32.2. The third kappa shape index (κ3) is 5.36. The lowest BCUT2D eigenvalue weighted by molar-refractivity contribution is -0.115. The standard InChI is InChI=1S/C18H19N3O3S/c1-11(25-14-9-7-13(8-10-14)20-12(2)22)18(24)21-16-6-4-3-5-15(16)17(19)23/h3-11H,1-2H3,(H2,19,23)(H,20,22)(H,21,24). The van der Waals surface area contributed by atoms with Crippen molar-refractivity contribution < 1.29 is 14.4 Å². The molecule has 2 rings (SSSR count). The number of hydrogen-bond donors (Lipinski definition) is 3. The van der Waals surface area contributed by atoms with E-state index in [0.29, 0.717) is 11.4 Å². The van der Waals surface area contributed by atoms with Gasteiger partial charge >= 0.3 is 0 Å². The molecule has 130 valence electrons. The first-order valence-corrected chi connectivity index (χ1v) is 8.49. The van der Waals surface area contributed by atoms with Crippen LogP contribution in [0.2, 0.25) is 0 Å². The second-order valence-electron chi connectivity index (χ2n) is 5.36. The van der Waals surface area contributed by atoms with Crippen LogP contribution in [-0.2, 0) is 9.59 Å². The Balaban J connectivity index is 2.01. The molecule has 0 saturated heterocycles. The lowest BCUT2D eigenvalue weighted by Gasteiger charge is -2.14. The Labute approximate surface area is 150 Å². The number of carbonyl (C=O) groups excluding carboxylic acids is 3. The van der Waals surface area contributed by atoms with Crippen molar-refractivity contribution >= 4 is 40.9 Å². The van der Waals surface area contributed by atoms with Gasteiger partial charge in [-0.3, -0.25) is 14.4 Å². The van der Waals surface area contributed by atoms with Crippen LogP contribution in [0.15, 0.2) is 53.4 Å². The van der Waals surface area contributed by atoms with Gasteiger partial charge in [-0.15, -0.1) is 11.8 Å². The molecule has 0 radical (unpaired) electrons. The maximum Gasteiger partial charge on any atom is 0.250 e. The third-order valence-corrected chi connectivity index (χ3v) is 4.42. The van der Waals surface area contributed by atoms with Gasteiger partial charge < -0.3 is 16.4 Å². The average molecular weight is 357 g/mol. The number of anilines is 2. The fourth-order valence-corrected chi connectivity index (χ4v) is 2.99. The van der Waals surface area contributed by atoms with E-state index in [4.69, 9.17) is 5.73 Å². The lowest BCUT2D eigenvalue weighted by Crippen LogP contribution is -2.24. The summed E-state index contributed by atoms with van der Waals surface area (Å²) in [5.41, 5.74) is 6.68. The predicted molar refractivity (Wildman–Crippen MR) is 99.7 cm³/mol. The summed E-state index contributed by atoms with van der Waals surface area (Å²) in [7, 11) is 0. The van der Waals surface area contributed by atoms with Crippen LogP contribution in [-0.4, -0.2) is 23.0 Å². The largest absolute Gasteiger partial charge is 0.366 e. The topological polar surface area (TPSA) is 101 Å². The zero-order valence-corrected chi connectivity index (χ0v) is 14.7. The molecule has 2 aromatic carbocycles. The molecule has 0 spiro atoms. The first-order chi connectivity index (χ1) is 11.9. The highest BCUT2D eigenvalue weighted by molar-refractivity contribution is 8.00. The minimum absolute atomic E-state index is 0.138. The molecule has 3 amide bonds. The highest BCUT2D eigenvalue weighted by Gasteiger charge is 2.17. The first kappa shape index (κ1) is 18.5. The number of amides is 3. The van der Waals surface area contributed by atoms with Crippen molar-refractivity contribution in [2.24, 2.45) is 5.73 Å². The van der Waals surface area contributed by atoms with Crippen LogP contribution in [0, 0.1) is 0 Å². The van der Waals surface area contributed by atoms with E-state index in [1.165, 1.54) is 18.7 Å². The van der Waals surface area contributed by atoms with Crippen LogP contribution in [0.1, 0.15) is 24.2 Å². The quantitative estimate of drug-likeness (QED) is 0.692. The molecule has 0 heterocycles. The van der Waals surface area contributed by atoms with E-state index in [0.717, 1.165) is 4.90 Å². The van der Waals surface area contributed by atoms with Gasteiger partial charge in [0.25, 0.3) is 5.91 Å². The number of hydrogen-bond acceptors (Lipinski definition) is 4. The first-order valence-electron chi connectivity index (χ1n) is 7.61. The predicted octanol–water partition coefficient (Wildman–Crippen LogP) is 2.86. The smallest absolute Gasteiger partial charge is 0.250 e. The summed E-state index contributed by atoms with van der Waals surface area (Å²) in [6.45, 7) is 3.22. The molecule has 0 aliphatic carbocycles. The van der Waals surface area contributed by atoms with Crippen LogP contribution in [0.4, 0.5) is 11.4 Å². The number of thioether (sulfide) groups is 1. The summed E-state index contributed by atoms with van der Waals surface area (Å²) in [5.74, 6) is -0.962. The van der Waals surface area contributed by atoms with Crippen LogP contribution in [0.5, 0.6) is 0 Å². The van der Waals surface area contributed by atoms with Crippen LogP contribution >= 0.6 is 11.8 Å². The summed E-state index contributed by atoms with van der Waals surface area (Å²) in [4.78, 5) is 35.7. The molecule has 6 nitrogen and oxygen atoms in total. The Kier molecular flexibility index (Phi) is 6.19. The number of benzene rings is 2. The molecule has 7 heteroatoms. The fraction of sp³-hybridized carbons (Fsp3) is 0.167. The van der Waals surface area contributed by atoms with E-state index in [9.17, 15) is 14.4 Å². The summed E-state index contributed by atoms with van der Waals surface area (Å²) in [6.07, 6.45) is 0. The van der Waals surface area contributed by atoms with Crippen LogP contribution in [0.25, 0.3) is 0 Å². The van der Waals surface area contributed by atoms with Gasteiger partial charge in [-0.1, -0.05) is 12.1 Å². The molecular weight excluding hydrogens is 338 g/mol. The number of nitrogens with one attached hydrogen (secondary N) is 2. The second-order valence-corrected chi connectivity index (χ2v) is 6.78. The second kappa shape index (κ2) is 8.34. The molecule has 0 saturated carbocycles. The minimum Gasteiger partial charge on any atom is -0.366 e. The van der Waals surface area contributed by atoms with Crippen molar-refractivity contribution in [1.82, 2.24) is 0 Å². The van der Waals surface area contributed by atoms with Gasteiger partial charge in [-0.05, 0) is 43.3 Å². The molecule has 0 aliphatic rings. The number of rotatable bonds is 6. The van der Waals surface area contributed by atoms with Gasteiger partial charge in [0.15, 0.2) is 0 Å². The summed E-state index contributed by atoms with van der Waals surface area (Å²) in [6, 6.07) is 13.8. The molecule has 25 heavy (non-hydrogen) atoms. The molecule has 1 atom stereocenters. The van der Waals surface area contributed by atoms with Crippen molar-refractivity contribution in [2.45, 2.75) is 24.0 Å². The Hall–Kier alpha value is -2.80. The molecule has 4 N–H and O–H groups in total. The fourth-order valence-electron chi connectivity index (χ4n) is 2.12. The normalized spacial score (nSPS) is 11.4. The maximum atomic E-state index is 12.4. The van der Waals surface area contributed by atoms with Gasteiger partial charge in [-0.2, -0.15) is 0 Å². The number of para-hydroxylation sites is 1. The monoisotopic (exact) mass is 357 g/mol. The van der Waals surface area contributed by atoms with Crippen LogP contribution in [0.3, 0.4) is 0 Å². The van der Waals surface area contributed by atoms with E-state index >= 15 is 0 Å². The molecule has 0 fully saturated rings. The van der Waals surface area contributed by atoms with E-state index in [-0.39, 0.29) is 22.6 Å². The van der Waals surface area contributed by atoms with Crippen LogP contribution < -0.4 is 16.4 Å². The van der Waals surface area contributed by atoms with Crippen molar-refractivity contribution in [2.75, 3.05) is 10.6 Å².